The van der Waals surface area contributed by atoms with Gasteiger partial charge in [-0.25, -0.2) is 4.79 Å². The van der Waals surface area contributed by atoms with Crippen molar-refractivity contribution in [2.24, 2.45) is 0 Å². The van der Waals surface area contributed by atoms with Gasteiger partial charge < -0.3 is 9.84 Å². The zero-order valence-electron chi connectivity index (χ0n) is 13.7. The Morgan fingerprint density at radius 3 is 2.57 bits per heavy atom. The summed E-state index contributed by atoms with van der Waals surface area (Å²) in [6.45, 7) is 5.92. The van der Waals surface area contributed by atoms with Crippen LogP contribution in [0.25, 0.3) is 10.8 Å². The molecule has 0 aliphatic carbocycles. The van der Waals surface area contributed by atoms with Gasteiger partial charge in [0, 0.05) is 17.6 Å². The number of amides is 1. The highest BCUT2D eigenvalue weighted by atomic mass is 79.9. The number of ether oxygens (including phenoxy) is 1. The molecule has 1 amide bonds. The minimum absolute atomic E-state index is 0.0184. The monoisotopic (exact) mass is 379 g/mol. The van der Waals surface area contributed by atoms with Gasteiger partial charge in [0.25, 0.3) is 0 Å². The second kappa shape index (κ2) is 7.32. The van der Waals surface area contributed by atoms with Crippen LogP contribution in [0.5, 0.6) is 0 Å². The zero-order valence-corrected chi connectivity index (χ0v) is 15.3. The molecule has 0 unspecified atom stereocenters. The van der Waals surface area contributed by atoms with Gasteiger partial charge in [-0.3, -0.25) is 4.90 Å². The molecular weight excluding hydrogens is 358 g/mol. The number of hydrogen-bond donors (Lipinski definition) is 1. The summed E-state index contributed by atoms with van der Waals surface area (Å²) in [5.74, 6) is 0. The maximum Gasteiger partial charge on any atom is 0.414 e. The lowest BCUT2D eigenvalue weighted by Gasteiger charge is -2.28. The Morgan fingerprint density at radius 2 is 1.91 bits per heavy atom. The van der Waals surface area contributed by atoms with Crippen molar-refractivity contribution in [1.82, 2.24) is 0 Å². The largest absolute Gasteiger partial charge is 0.443 e. The van der Waals surface area contributed by atoms with Crippen LogP contribution in [0.4, 0.5) is 10.5 Å². The molecule has 4 nitrogen and oxygen atoms in total. The Labute approximate surface area is 145 Å². The van der Waals surface area contributed by atoms with Crippen molar-refractivity contribution >= 4 is 38.5 Å². The molecule has 0 radical (unpaired) electrons. The van der Waals surface area contributed by atoms with Crippen LogP contribution in [-0.2, 0) is 4.74 Å². The number of aliphatic hydroxyl groups is 1. The third-order valence-corrected chi connectivity index (χ3v) is 4.12. The summed E-state index contributed by atoms with van der Waals surface area (Å²) in [4.78, 5) is 14.1. The van der Waals surface area contributed by atoms with Gasteiger partial charge in [0.2, 0.25) is 0 Å². The van der Waals surface area contributed by atoms with Crippen LogP contribution >= 0.6 is 15.9 Å². The Bertz CT molecular complexity index is 694. The fraction of sp³-hybridized carbons (Fsp3) is 0.389. The predicted octanol–water partition coefficient (Wildman–Crippen LogP) is 4.73. The number of carbonyl (C=O) groups excluding carboxylic acids is 1. The fourth-order valence-corrected chi connectivity index (χ4v) is 2.99. The number of hydrogen-bond acceptors (Lipinski definition) is 3. The number of fused-ring (bicyclic) bond motifs is 1. The van der Waals surface area contributed by atoms with Gasteiger partial charge in [-0.1, -0.05) is 30.3 Å². The van der Waals surface area contributed by atoms with Crippen molar-refractivity contribution in [3.63, 3.8) is 0 Å². The molecule has 0 atom stereocenters. The summed E-state index contributed by atoms with van der Waals surface area (Å²) >= 11 is 3.61. The highest BCUT2D eigenvalue weighted by Gasteiger charge is 2.25. The van der Waals surface area contributed by atoms with Crippen LogP contribution in [0.3, 0.4) is 0 Å². The summed E-state index contributed by atoms with van der Waals surface area (Å²) in [6, 6.07) is 11.8. The summed E-state index contributed by atoms with van der Waals surface area (Å²) in [6.07, 6.45) is 0.0698. The van der Waals surface area contributed by atoms with E-state index in [1.807, 2.05) is 57.2 Å². The van der Waals surface area contributed by atoms with Crippen molar-refractivity contribution in [3.8, 4) is 0 Å². The summed E-state index contributed by atoms with van der Waals surface area (Å²) < 4.78 is 6.35. The van der Waals surface area contributed by atoms with Crippen LogP contribution < -0.4 is 4.90 Å². The summed E-state index contributed by atoms with van der Waals surface area (Å²) in [5.41, 5.74) is 0.170. The molecule has 0 aromatic heterocycles. The molecule has 0 aliphatic rings. The first-order valence-electron chi connectivity index (χ1n) is 7.62. The molecule has 0 saturated heterocycles. The van der Waals surface area contributed by atoms with Gasteiger partial charge in [-0.15, -0.1) is 0 Å². The SMILES string of the molecule is CC(C)(C)OC(=O)N(CCCO)c1ccc2ccccc2c1Br. The first kappa shape index (κ1) is 17.8. The topological polar surface area (TPSA) is 49.8 Å². The van der Waals surface area contributed by atoms with Crippen LogP contribution in [0, 0.1) is 0 Å². The predicted molar refractivity (Wildman–Crippen MR) is 96.9 cm³/mol. The molecule has 2 rings (SSSR count). The molecule has 0 heterocycles. The standard InChI is InChI=1S/C18H22BrNO3/c1-18(2,3)23-17(22)20(11-6-12-21)15-10-9-13-7-4-5-8-14(13)16(15)19/h4-5,7-10,21H,6,11-12H2,1-3H3. The summed E-state index contributed by atoms with van der Waals surface area (Å²) in [7, 11) is 0. The lowest BCUT2D eigenvalue weighted by Crippen LogP contribution is -2.38. The fourth-order valence-electron chi connectivity index (χ4n) is 2.29. The maximum atomic E-state index is 12.6. The normalized spacial score (nSPS) is 11.5. The van der Waals surface area contributed by atoms with Gasteiger partial charge in [0.15, 0.2) is 0 Å². The number of aliphatic hydroxyl groups excluding tert-OH is 1. The van der Waals surface area contributed by atoms with Crippen molar-refractivity contribution in [1.29, 1.82) is 0 Å². The number of anilines is 1. The van der Waals surface area contributed by atoms with Gasteiger partial charge in [0.1, 0.15) is 5.60 Å². The molecule has 124 valence electrons. The average molecular weight is 380 g/mol. The molecule has 0 bridgehead atoms. The zero-order chi connectivity index (χ0) is 17.0. The van der Waals surface area contributed by atoms with Crippen LogP contribution in [0.15, 0.2) is 40.9 Å². The van der Waals surface area contributed by atoms with E-state index in [1.165, 1.54) is 0 Å². The molecule has 2 aromatic carbocycles. The smallest absolute Gasteiger partial charge is 0.414 e. The molecule has 0 saturated carbocycles. The molecule has 1 N–H and O–H groups in total. The van der Waals surface area contributed by atoms with Gasteiger partial charge in [0.05, 0.1) is 5.69 Å². The lowest BCUT2D eigenvalue weighted by atomic mass is 10.1. The second-order valence-electron chi connectivity index (χ2n) is 6.33. The van der Waals surface area contributed by atoms with Crippen LogP contribution in [0.2, 0.25) is 0 Å². The highest BCUT2D eigenvalue weighted by molar-refractivity contribution is 9.10. The Morgan fingerprint density at radius 1 is 1.22 bits per heavy atom. The highest BCUT2D eigenvalue weighted by Crippen LogP contribution is 2.34. The van der Waals surface area contributed by atoms with E-state index in [0.717, 1.165) is 20.9 Å². The molecule has 23 heavy (non-hydrogen) atoms. The molecule has 0 fully saturated rings. The van der Waals surface area contributed by atoms with Gasteiger partial charge in [-0.05, 0) is 60.0 Å². The van der Waals surface area contributed by atoms with Crippen LogP contribution in [0.1, 0.15) is 27.2 Å². The number of nitrogens with zero attached hydrogens (tertiary/aromatic N) is 1. The first-order valence-corrected chi connectivity index (χ1v) is 8.41. The van der Waals surface area contributed by atoms with E-state index in [1.54, 1.807) is 4.90 Å². The maximum absolute atomic E-state index is 12.6. The molecule has 0 spiro atoms. The van der Waals surface area contributed by atoms with E-state index in [-0.39, 0.29) is 6.61 Å². The Balaban J connectivity index is 2.42. The number of halogens is 1. The van der Waals surface area contributed by atoms with E-state index < -0.39 is 11.7 Å². The van der Waals surface area contributed by atoms with Crippen molar-refractivity contribution in [2.75, 3.05) is 18.1 Å². The van der Waals surface area contributed by atoms with Crippen LogP contribution in [-0.4, -0.2) is 30.0 Å². The number of benzene rings is 2. The van der Waals surface area contributed by atoms with E-state index in [9.17, 15) is 4.79 Å². The minimum atomic E-state index is -0.572. The van der Waals surface area contributed by atoms with Gasteiger partial charge >= 0.3 is 6.09 Å². The minimum Gasteiger partial charge on any atom is -0.443 e. The average Bonchev–Trinajstić information content (AvgIpc) is 2.48. The second-order valence-corrected chi connectivity index (χ2v) is 7.12. The third kappa shape index (κ3) is 4.45. The van der Waals surface area contributed by atoms with E-state index in [2.05, 4.69) is 15.9 Å². The van der Waals surface area contributed by atoms with Crippen molar-refractivity contribution < 1.29 is 14.6 Å². The molecular formula is C18H22BrNO3. The number of carbonyl (C=O) groups is 1. The van der Waals surface area contributed by atoms with E-state index >= 15 is 0 Å². The number of rotatable bonds is 4. The third-order valence-electron chi connectivity index (χ3n) is 3.29. The van der Waals surface area contributed by atoms with E-state index in [0.29, 0.717) is 13.0 Å². The van der Waals surface area contributed by atoms with Crippen molar-refractivity contribution in [2.45, 2.75) is 32.8 Å². The summed E-state index contributed by atoms with van der Waals surface area (Å²) in [5, 5.41) is 11.2. The first-order chi connectivity index (χ1) is 10.8. The molecule has 5 heteroatoms. The van der Waals surface area contributed by atoms with Crippen molar-refractivity contribution in [3.05, 3.63) is 40.9 Å². The quantitative estimate of drug-likeness (QED) is 0.835. The molecule has 2 aromatic rings. The van der Waals surface area contributed by atoms with Gasteiger partial charge in [-0.2, -0.15) is 0 Å². The Kier molecular flexibility index (Phi) is 5.65. The van der Waals surface area contributed by atoms with E-state index in [4.69, 9.17) is 9.84 Å². The molecule has 0 aliphatic heterocycles. The Hall–Kier alpha value is -1.59. The lowest BCUT2D eigenvalue weighted by molar-refractivity contribution is 0.0578.